The normalized spacial score (nSPS) is 16.7. The summed E-state index contributed by atoms with van der Waals surface area (Å²) in [6.45, 7) is 4.82. The van der Waals surface area contributed by atoms with E-state index in [9.17, 15) is 9.59 Å². The van der Waals surface area contributed by atoms with Crippen LogP contribution in [-0.2, 0) is 11.3 Å². The Hall–Kier alpha value is -3.78. The summed E-state index contributed by atoms with van der Waals surface area (Å²) in [6, 6.07) is 14.6. The molecule has 4 aromatic rings. The highest BCUT2D eigenvalue weighted by molar-refractivity contribution is 5.97. The molecule has 8 heteroatoms. The van der Waals surface area contributed by atoms with Crippen molar-refractivity contribution < 1.29 is 9.53 Å². The minimum Gasteiger partial charge on any atom is -0.376 e. The fraction of sp³-hybridized carbons (Fsp3) is 0.308. The second-order valence-electron chi connectivity index (χ2n) is 8.80. The summed E-state index contributed by atoms with van der Waals surface area (Å²) < 4.78 is 8.96. The van der Waals surface area contributed by atoms with Gasteiger partial charge in [-0.1, -0.05) is 36.4 Å². The van der Waals surface area contributed by atoms with Gasteiger partial charge in [0.2, 0.25) is 0 Å². The molecule has 1 amide bonds. The average Bonchev–Trinajstić information content (AvgIpc) is 3.35. The molecule has 3 aromatic heterocycles. The fourth-order valence-corrected chi connectivity index (χ4v) is 4.54. The molecular weight excluding hydrogens is 430 g/mol. The van der Waals surface area contributed by atoms with Gasteiger partial charge in [0.05, 0.1) is 29.6 Å². The maximum Gasteiger partial charge on any atom is 0.267 e. The van der Waals surface area contributed by atoms with Crippen molar-refractivity contribution in [2.75, 3.05) is 6.61 Å². The smallest absolute Gasteiger partial charge is 0.267 e. The number of nitrogens with one attached hydrogen (secondary N) is 2. The van der Waals surface area contributed by atoms with Crippen molar-refractivity contribution in [3.63, 3.8) is 0 Å². The van der Waals surface area contributed by atoms with E-state index in [1.165, 1.54) is 10.5 Å². The van der Waals surface area contributed by atoms with Crippen LogP contribution in [0.2, 0.25) is 0 Å². The number of carbonyl (C=O) groups excluding carboxylic acids is 1. The fourth-order valence-electron chi connectivity index (χ4n) is 4.54. The summed E-state index contributed by atoms with van der Waals surface area (Å²) in [6.07, 6.45) is 3.40. The molecule has 174 valence electrons. The summed E-state index contributed by atoms with van der Waals surface area (Å²) in [5.41, 5.74) is 2.64. The predicted octanol–water partition coefficient (Wildman–Crippen LogP) is 3.11. The zero-order valence-corrected chi connectivity index (χ0v) is 19.2. The van der Waals surface area contributed by atoms with Crippen molar-refractivity contribution in [3.8, 4) is 0 Å². The molecule has 1 fully saturated rings. The molecule has 1 aliphatic heterocycles. The zero-order valence-electron chi connectivity index (χ0n) is 19.2. The summed E-state index contributed by atoms with van der Waals surface area (Å²) in [4.78, 5) is 31.5. The molecule has 1 saturated heterocycles. The third kappa shape index (κ3) is 3.90. The maximum absolute atomic E-state index is 13.4. The van der Waals surface area contributed by atoms with Crippen LogP contribution in [0.25, 0.3) is 16.7 Å². The van der Waals surface area contributed by atoms with Crippen molar-refractivity contribution in [1.29, 1.82) is 5.41 Å². The van der Waals surface area contributed by atoms with Gasteiger partial charge >= 0.3 is 0 Å². The van der Waals surface area contributed by atoms with E-state index in [0.29, 0.717) is 29.8 Å². The van der Waals surface area contributed by atoms with Gasteiger partial charge in [0.15, 0.2) is 0 Å². The van der Waals surface area contributed by atoms with Crippen LogP contribution in [0.1, 0.15) is 47.3 Å². The Morgan fingerprint density at radius 2 is 2.03 bits per heavy atom. The van der Waals surface area contributed by atoms with Crippen molar-refractivity contribution >= 4 is 22.6 Å². The van der Waals surface area contributed by atoms with Crippen LogP contribution in [-0.4, -0.2) is 32.6 Å². The van der Waals surface area contributed by atoms with Gasteiger partial charge in [0, 0.05) is 12.8 Å². The number of fused-ring (bicyclic) bond motifs is 2. The number of rotatable bonds is 5. The number of hydrogen-bond acceptors (Lipinski definition) is 5. The van der Waals surface area contributed by atoms with E-state index in [-0.39, 0.29) is 28.8 Å². The lowest BCUT2D eigenvalue weighted by Gasteiger charge is -2.19. The maximum atomic E-state index is 13.4. The number of benzene rings is 1. The van der Waals surface area contributed by atoms with Crippen LogP contribution in [0, 0.1) is 12.3 Å². The zero-order chi connectivity index (χ0) is 23.8. The second-order valence-corrected chi connectivity index (χ2v) is 8.80. The first-order chi connectivity index (χ1) is 16.4. The molecule has 5 rings (SSSR count). The Labute approximate surface area is 196 Å². The van der Waals surface area contributed by atoms with Crippen molar-refractivity contribution in [2.24, 2.45) is 0 Å². The van der Waals surface area contributed by atoms with E-state index >= 15 is 0 Å². The second kappa shape index (κ2) is 8.87. The minimum absolute atomic E-state index is 0.0191. The van der Waals surface area contributed by atoms with E-state index in [1.54, 1.807) is 16.8 Å². The highest BCUT2D eigenvalue weighted by Crippen LogP contribution is 2.18. The third-order valence-corrected chi connectivity index (χ3v) is 6.44. The predicted molar refractivity (Wildman–Crippen MR) is 129 cm³/mol. The lowest BCUT2D eigenvalue weighted by atomic mass is 10.1. The first-order valence-corrected chi connectivity index (χ1v) is 11.5. The number of nitrogens with zero attached hydrogens (tertiary/aromatic N) is 3. The van der Waals surface area contributed by atoms with E-state index in [1.807, 2.05) is 50.2 Å². The lowest BCUT2D eigenvalue weighted by Crippen LogP contribution is -2.37. The SMILES string of the molecule is Cc1cccn2c(=O)c3cc(C(=O)N[C@@H](C)c4ccccc4)c(=N)n(C[C@@H]4CCCO4)c3nc12. The van der Waals surface area contributed by atoms with E-state index in [2.05, 4.69) is 5.32 Å². The van der Waals surface area contributed by atoms with Crippen molar-refractivity contribution in [2.45, 2.75) is 45.4 Å². The largest absolute Gasteiger partial charge is 0.376 e. The first-order valence-electron chi connectivity index (χ1n) is 11.5. The van der Waals surface area contributed by atoms with E-state index < -0.39 is 5.91 Å². The lowest BCUT2D eigenvalue weighted by molar-refractivity contribution is 0.0923. The molecule has 4 heterocycles. The molecular formula is C26H27N5O3. The van der Waals surface area contributed by atoms with E-state index in [4.69, 9.17) is 15.1 Å². The van der Waals surface area contributed by atoms with E-state index in [0.717, 1.165) is 24.0 Å². The topological polar surface area (TPSA) is 101 Å². The first kappa shape index (κ1) is 22.0. The molecule has 2 atom stereocenters. The number of hydrogen-bond donors (Lipinski definition) is 2. The van der Waals surface area contributed by atoms with Gasteiger partial charge in [0.1, 0.15) is 16.8 Å². The van der Waals surface area contributed by atoms with Gasteiger partial charge in [0.25, 0.3) is 11.5 Å². The standard InChI is InChI=1S/C26H27N5O3/c1-16-8-6-12-30-23(16)29-24-21(26(30)33)14-20(22(27)31(24)15-19-11-7-13-34-19)25(32)28-17(2)18-9-4-3-5-10-18/h3-6,8-10,12,14,17,19,27H,7,11,13,15H2,1-2H3,(H,28,32)/t17-,19-/m0/s1. The number of pyridine rings is 2. The van der Waals surface area contributed by atoms with Gasteiger partial charge < -0.3 is 14.6 Å². The minimum atomic E-state index is -0.405. The molecule has 0 radical (unpaired) electrons. The van der Waals surface area contributed by atoms with Gasteiger partial charge in [-0.25, -0.2) is 4.98 Å². The Morgan fingerprint density at radius 1 is 1.24 bits per heavy atom. The molecule has 0 aliphatic carbocycles. The van der Waals surface area contributed by atoms with Crippen LogP contribution in [0.3, 0.4) is 0 Å². The number of aryl methyl sites for hydroxylation is 1. The average molecular weight is 458 g/mol. The van der Waals surface area contributed by atoms with Gasteiger partial charge in [-0.15, -0.1) is 0 Å². The van der Waals surface area contributed by atoms with Crippen molar-refractivity contribution in [1.82, 2.24) is 19.3 Å². The van der Waals surface area contributed by atoms with Crippen LogP contribution in [0.15, 0.2) is 59.5 Å². The molecule has 1 aliphatic rings. The number of aromatic nitrogens is 3. The molecule has 0 spiro atoms. The van der Waals surface area contributed by atoms with Crippen molar-refractivity contribution in [3.05, 3.63) is 87.3 Å². The number of amides is 1. The van der Waals surface area contributed by atoms with Gasteiger partial charge in [-0.05, 0) is 49.9 Å². The highest BCUT2D eigenvalue weighted by Gasteiger charge is 2.23. The number of carbonyl (C=O) groups is 1. The van der Waals surface area contributed by atoms with Gasteiger partial charge in [-0.2, -0.15) is 0 Å². The molecule has 1 aromatic carbocycles. The summed E-state index contributed by atoms with van der Waals surface area (Å²) in [5, 5.41) is 12.2. The Balaban J connectivity index is 1.67. The Bertz CT molecular complexity index is 1500. The quantitative estimate of drug-likeness (QED) is 0.450. The molecule has 0 unspecified atom stereocenters. The number of ether oxygens (including phenoxy) is 1. The Kier molecular flexibility index (Phi) is 5.75. The molecule has 34 heavy (non-hydrogen) atoms. The highest BCUT2D eigenvalue weighted by atomic mass is 16.5. The molecule has 0 bridgehead atoms. The molecule has 2 N–H and O–H groups in total. The monoisotopic (exact) mass is 457 g/mol. The Morgan fingerprint density at radius 3 is 2.76 bits per heavy atom. The van der Waals surface area contributed by atoms with Crippen LogP contribution in [0.5, 0.6) is 0 Å². The van der Waals surface area contributed by atoms with Crippen LogP contribution in [0.4, 0.5) is 0 Å². The molecule has 8 nitrogen and oxygen atoms in total. The van der Waals surface area contributed by atoms with Crippen LogP contribution >= 0.6 is 0 Å². The van der Waals surface area contributed by atoms with Crippen LogP contribution < -0.4 is 16.4 Å². The summed E-state index contributed by atoms with van der Waals surface area (Å²) in [5.74, 6) is -0.405. The summed E-state index contributed by atoms with van der Waals surface area (Å²) in [7, 11) is 0. The third-order valence-electron chi connectivity index (χ3n) is 6.44. The summed E-state index contributed by atoms with van der Waals surface area (Å²) >= 11 is 0. The van der Waals surface area contributed by atoms with Gasteiger partial charge in [-0.3, -0.25) is 19.4 Å². The molecule has 0 saturated carbocycles.